The summed E-state index contributed by atoms with van der Waals surface area (Å²) in [6.07, 6.45) is 1.83. The van der Waals surface area contributed by atoms with Gasteiger partial charge in [-0.1, -0.05) is 0 Å². The first-order valence-corrected chi connectivity index (χ1v) is 8.96. The number of furan rings is 1. The average Bonchev–Trinajstić information content (AvgIpc) is 3.04. The number of likely N-dealkylation sites (N-methyl/N-ethyl adjacent to an activating group) is 1. The Bertz CT molecular complexity index is 681. The second-order valence-corrected chi connectivity index (χ2v) is 7.82. The van der Waals surface area contributed by atoms with Crippen LogP contribution in [0.25, 0.3) is 0 Å². The van der Waals surface area contributed by atoms with Gasteiger partial charge in [0.1, 0.15) is 11.3 Å². The first-order chi connectivity index (χ1) is 10.8. The van der Waals surface area contributed by atoms with Crippen molar-refractivity contribution in [3.05, 3.63) is 23.7 Å². The van der Waals surface area contributed by atoms with Crippen LogP contribution < -0.4 is 5.32 Å². The third-order valence-electron chi connectivity index (χ3n) is 3.58. The Balaban J connectivity index is 1.85. The fraction of sp³-hybridized carbons (Fsp3) is 0.571. The number of ether oxygens (including phenoxy) is 1. The number of nitrogens with one attached hydrogen (secondary N) is 1. The Morgan fingerprint density at radius 3 is 2.83 bits per heavy atom. The third kappa shape index (κ3) is 4.80. The zero-order valence-corrected chi connectivity index (χ0v) is 13.9. The van der Waals surface area contributed by atoms with Crippen molar-refractivity contribution < 1.29 is 27.2 Å². The van der Waals surface area contributed by atoms with Crippen LogP contribution in [0.15, 0.2) is 16.7 Å². The predicted octanol–water partition coefficient (Wildman–Crippen LogP) is -0.199. The molecule has 1 aromatic rings. The molecule has 8 nitrogen and oxygen atoms in total. The van der Waals surface area contributed by atoms with Gasteiger partial charge in [0.15, 0.2) is 9.84 Å². The van der Waals surface area contributed by atoms with E-state index < -0.39 is 15.8 Å². The van der Waals surface area contributed by atoms with Crippen molar-refractivity contribution in [3.8, 4) is 0 Å². The van der Waals surface area contributed by atoms with Crippen LogP contribution >= 0.6 is 0 Å². The second kappa shape index (κ2) is 7.14. The molecular weight excluding hydrogens is 324 g/mol. The van der Waals surface area contributed by atoms with Crippen LogP contribution in [0.3, 0.4) is 0 Å². The molecule has 0 saturated carbocycles. The summed E-state index contributed by atoms with van der Waals surface area (Å²) in [6, 6.07) is 1.19. The van der Waals surface area contributed by atoms with Gasteiger partial charge in [0.25, 0.3) is 0 Å². The zero-order valence-electron chi connectivity index (χ0n) is 13.1. The molecule has 0 radical (unpaired) electrons. The minimum atomic E-state index is -3.02. The molecule has 0 bridgehead atoms. The van der Waals surface area contributed by atoms with E-state index >= 15 is 0 Å². The van der Waals surface area contributed by atoms with Gasteiger partial charge < -0.3 is 14.5 Å². The summed E-state index contributed by atoms with van der Waals surface area (Å²) in [5.41, 5.74) is 0.321. The van der Waals surface area contributed by atoms with Gasteiger partial charge in [-0.2, -0.15) is 0 Å². The highest BCUT2D eigenvalue weighted by Gasteiger charge is 2.29. The number of esters is 1. The van der Waals surface area contributed by atoms with Crippen LogP contribution in [-0.2, 0) is 25.9 Å². The molecular formula is C14H20N2O6S. The second-order valence-electron chi connectivity index (χ2n) is 5.59. The third-order valence-corrected chi connectivity index (χ3v) is 5.34. The lowest BCUT2D eigenvalue weighted by atomic mass is 10.2. The quantitative estimate of drug-likeness (QED) is 0.712. The van der Waals surface area contributed by atoms with Gasteiger partial charge in [-0.15, -0.1) is 0 Å². The number of carbonyl (C=O) groups is 2. The highest BCUT2D eigenvalue weighted by molar-refractivity contribution is 7.91. The summed E-state index contributed by atoms with van der Waals surface area (Å²) < 4.78 is 32.6. The molecule has 2 heterocycles. The Kier molecular flexibility index (Phi) is 5.42. The Morgan fingerprint density at radius 2 is 2.22 bits per heavy atom. The van der Waals surface area contributed by atoms with Crippen molar-refractivity contribution in [2.45, 2.75) is 19.0 Å². The summed E-state index contributed by atoms with van der Waals surface area (Å²) in [5.74, 6) is -0.241. The van der Waals surface area contributed by atoms with E-state index in [1.807, 2.05) is 0 Å². The maximum atomic E-state index is 12.0. The monoisotopic (exact) mass is 344 g/mol. The fourth-order valence-corrected chi connectivity index (χ4v) is 4.16. The van der Waals surface area contributed by atoms with Gasteiger partial charge >= 0.3 is 5.97 Å². The SMILES string of the molecule is COC(=O)c1ccoc1CN(C)CC(=O)N[C@H]1CCS(=O)(=O)C1. The number of nitrogens with zero attached hydrogens (tertiary/aromatic N) is 1. The van der Waals surface area contributed by atoms with E-state index in [-0.39, 0.29) is 36.5 Å². The van der Waals surface area contributed by atoms with Crippen LogP contribution in [0.2, 0.25) is 0 Å². The van der Waals surface area contributed by atoms with Crippen LogP contribution in [0, 0.1) is 0 Å². The van der Waals surface area contributed by atoms with Gasteiger partial charge in [0.05, 0.1) is 38.0 Å². The topological polar surface area (TPSA) is 106 Å². The number of carbonyl (C=O) groups excluding carboxylic acids is 2. The first kappa shape index (κ1) is 17.5. The van der Waals surface area contributed by atoms with E-state index in [4.69, 9.17) is 4.42 Å². The largest absolute Gasteiger partial charge is 0.467 e. The smallest absolute Gasteiger partial charge is 0.341 e. The molecule has 1 aliphatic heterocycles. The number of amides is 1. The standard InChI is InChI=1S/C14H20N2O6S/c1-16(7-12-11(3-5-22-12)14(18)21-2)8-13(17)15-10-4-6-23(19,20)9-10/h3,5,10H,4,6-9H2,1-2H3,(H,15,17)/t10-/m0/s1. The van der Waals surface area contributed by atoms with Crippen LogP contribution in [-0.4, -0.2) is 63.4 Å². The summed E-state index contributed by atoms with van der Waals surface area (Å²) in [4.78, 5) is 25.2. The zero-order chi connectivity index (χ0) is 17.0. The molecule has 1 fully saturated rings. The molecule has 23 heavy (non-hydrogen) atoms. The summed E-state index contributed by atoms with van der Waals surface area (Å²) >= 11 is 0. The molecule has 128 valence electrons. The molecule has 1 aromatic heterocycles. The Morgan fingerprint density at radius 1 is 1.48 bits per heavy atom. The van der Waals surface area contributed by atoms with Crippen LogP contribution in [0.1, 0.15) is 22.5 Å². The van der Waals surface area contributed by atoms with Gasteiger partial charge in [-0.25, -0.2) is 13.2 Å². The number of hydrogen-bond donors (Lipinski definition) is 1. The van der Waals surface area contributed by atoms with Crippen LogP contribution in [0.4, 0.5) is 0 Å². The Hall–Kier alpha value is -1.87. The van der Waals surface area contributed by atoms with Gasteiger partial charge in [0.2, 0.25) is 5.91 Å². The summed E-state index contributed by atoms with van der Waals surface area (Å²) in [7, 11) is -0.0368. The van der Waals surface area contributed by atoms with Crippen molar-refractivity contribution in [1.29, 1.82) is 0 Å². The molecule has 0 aromatic carbocycles. The van der Waals surface area contributed by atoms with E-state index in [9.17, 15) is 18.0 Å². The average molecular weight is 344 g/mol. The molecule has 1 N–H and O–H groups in total. The minimum absolute atomic E-state index is 0.00682. The van der Waals surface area contributed by atoms with Gasteiger partial charge in [-0.05, 0) is 19.5 Å². The number of methoxy groups -OCH3 is 1. The van der Waals surface area contributed by atoms with Crippen molar-refractivity contribution in [3.63, 3.8) is 0 Å². The molecule has 0 aliphatic carbocycles. The lowest BCUT2D eigenvalue weighted by molar-refractivity contribution is -0.122. The highest BCUT2D eigenvalue weighted by Crippen LogP contribution is 2.14. The molecule has 1 saturated heterocycles. The highest BCUT2D eigenvalue weighted by atomic mass is 32.2. The van der Waals surface area contributed by atoms with E-state index in [0.29, 0.717) is 17.7 Å². The number of hydrogen-bond acceptors (Lipinski definition) is 7. The lowest BCUT2D eigenvalue weighted by Crippen LogP contribution is -2.41. The first-order valence-electron chi connectivity index (χ1n) is 7.14. The summed E-state index contributed by atoms with van der Waals surface area (Å²) in [6.45, 7) is 0.325. The number of sulfone groups is 1. The van der Waals surface area contributed by atoms with Crippen molar-refractivity contribution in [2.75, 3.05) is 32.2 Å². The van der Waals surface area contributed by atoms with E-state index in [0.717, 1.165) is 0 Å². The molecule has 2 rings (SSSR count). The van der Waals surface area contributed by atoms with Gasteiger partial charge in [0, 0.05) is 6.04 Å². The molecule has 0 spiro atoms. The molecule has 1 amide bonds. The van der Waals surface area contributed by atoms with E-state index in [1.54, 1.807) is 11.9 Å². The van der Waals surface area contributed by atoms with Crippen molar-refractivity contribution in [2.24, 2.45) is 0 Å². The predicted molar refractivity (Wildman–Crippen MR) is 81.6 cm³/mol. The maximum absolute atomic E-state index is 12.0. The van der Waals surface area contributed by atoms with Crippen molar-refractivity contribution in [1.82, 2.24) is 10.2 Å². The summed E-state index contributed by atoms with van der Waals surface area (Å²) in [5, 5.41) is 2.71. The van der Waals surface area contributed by atoms with Crippen LogP contribution in [0.5, 0.6) is 0 Å². The number of rotatable bonds is 6. The molecule has 1 atom stereocenters. The Labute approximate surface area is 134 Å². The minimum Gasteiger partial charge on any atom is -0.467 e. The molecule has 9 heteroatoms. The van der Waals surface area contributed by atoms with E-state index in [1.165, 1.54) is 19.4 Å². The van der Waals surface area contributed by atoms with Crippen molar-refractivity contribution >= 4 is 21.7 Å². The van der Waals surface area contributed by atoms with Gasteiger partial charge in [-0.3, -0.25) is 9.69 Å². The lowest BCUT2D eigenvalue weighted by Gasteiger charge is -2.17. The normalized spacial score (nSPS) is 19.7. The van der Waals surface area contributed by atoms with E-state index in [2.05, 4.69) is 10.1 Å². The molecule has 0 unspecified atom stereocenters. The fourth-order valence-electron chi connectivity index (χ4n) is 2.48. The molecule has 1 aliphatic rings. The maximum Gasteiger partial charge on any atom is 0.341 e.